The van der Waals surface area contributed by atoms with E-state index in [1.54, 1.807) is 0 Å². The minimum absolute atomic E-state index is 0.0410. The van der Waals surface area contributed by atoms with E-state index < -0.39 is 100 Å². The quantitative estimate of drug-likeness (QED) is 0.204. The summed E-state index contributed by atoms with van der Waals surface area (Å²) in [4.78, 5) is 50.1. The van der Waals surface area contributed by atoms with Gasteiger partial charge in [-0.1, -0.05) is 20.3 Å². The number of rotatable bonds is 11. The van der Waals surface area contributed by atoms with Crippen LogP contribution >= 0.6 is 0 Å². The smallest absolute Gasteiger partial charge is 0.405 e. The van der Waals surface area contributed by atoms with Crippen LogP contribution in [0.15, 0.2) is 0 Å². The molecule has 0 aromatic rings. The van der Waals surface area contributed by atoms with Crippen LogP contribution in [0.4, 0.5) is 8.78 Å². The van der Waals surface area contributed by atoms with Crippen LogP contribution in [0, 0.1) is 17.8 Å². The maximum absolute atomic E-state index is 13.5. The van der Waals surface area contributed by atoms with E-state index in [1.165, 1.54) is 0 Å². The number of carbonyl (C=O) groups is 4. The van der Waals surface area contributed by atoms with E-state index in [-0.39, 0.29) is 5.92 Å². The molecule has 0 amide bonds. The first-order chi connectivity index (χ1) is 18.6. The molecule has 226 valence electrons. The molecule has 4 rings (SSSR count). The van der Waals surface area contributed by atoms with E-state index in [0.29, 0.717) is 19.8 Å². The number of hydrogen-bond donors (Lipinski definition) is 1. The fraction of sp³-hybridized carbons (Fsp3) is 0.833. The molecule has 7 atom stereocenters. The number of alkyl halides is 2. The molecule has 4 fully saturated rings. The Kier molecular flexibility index (Phi) is 8.47. The van der Waals surface area contributed by atoms with Gasteiger partial charge >= 0.3 is 39.2 Å². The van der Waals surface area contributed by atoms with Gasteiger partial charge in [0.05, 0.1) is 0 Å². The van der Waals surface area contributed by atoms with Gasteiger partial charge in [0.15, 0.2) is 18.3 Å². The van der Waals surface area contributed by atoms with Gasteiger partial charge < -0.3 is 28.4 Å². The molecule has 3 saturated heterocycles. The molecule has 1 saturated carbocycles. The Balaban J connectivity index is 1.33. The van der Waals surface area contributed by atoms with Crippen LogP contribution < -0.4 is 0 Å². The van der Waals surface area contributed by atoms with Crippen molar-refractivity contribution in [3.8, 4) is 0 Å². The van der Waals surface area contributed by atoms with Crippen LogP contribution in [-0.4, -0.2) is 91.4 Å². The molecule has 16 heteroatoms. The molecule has 3 heterocycles. The number of ether oxygens (including phenoxy) is 6. The Labute approximate surface area is 228 Å². The molecule has 1 N–H and O–H groups in total. The van der Waals surface area contributed by atoms with E-state index >= 15 is 0 Å². The lowest BCUT2D eigenvalue weighted by molar-refractivity contribution is -0.182. The average Bonchev–Trinajstić information content (AvgIpc) is 3.47. The third-order valence-electron chi connectivity index (χ3n) is 8.07. The van der Waals surface area contributed by atoms with Gasteiger partial charge in [-0.2, -0.15) is 17.2 Å². The standard InChI is InChI=1S/C24H32F2O13S/c1-11(2)23(7-5-4-6-8-23)39-22(30)16-15-17-20(38-21(15)29)19(18(16)37-17)36-14(28)10-34-9-13(27)35-12(3)24(25,26)40(31,32)33/h11-12,15-20H,4-10H2,1-3H3,(H,31,32,33). The molecule has 0 spiro atoms. The van der Waals surface area contributed by atoms with Crippen molar-refractivity contribution in [2.75, 3.05) is 13.2 Å². The Bertz CT molecular complexity index is 1130. The van der Waals surface area contributed by atoms with Crippen LogP contribution in [0.3, 0.4) is 0 Å². The molecular formula is C24H32F2O13S. The molecule has 4 aliphatic rings. The molecule has 7 unspecified atom stereocenters. The van der Waals surface area contributed by atoms with Crippen molar-refractivity contribution >= 4 is 34.0 Å². The van der Waals surface area contributed by atoms with Crippen molar-refractivity contribution in [1.29, 1.82) is 0 Å². The van der Waals surface area contributed by atoms with Crippen LogP contribution in [0.1, 0.15) is 52.9 Å². The van der Waals surface area contributed by atoms with Gasteiger partial charge in [0.25, 0.3) is 0 Å². The zero-order valence-corrected chi connectivity index (χ0v) is 22.9. The van der Waals surface area contributed by atoms with Crippen molar-refractivity contribution in [2.24, 2.45) is 17.8 Å². The second-order valence-electron chi connectivity index (χ2n) is 10.8. The Morgan fingerprint density at radius 3 is 2.27 bits per heavy atom. The summed E-state index contributed by atoms with van der Waals surface area (Å²) in [5, 5.41) is -4.76. The number of esters is 4. The molecule has 3 aliphatic heterocycles. The van der Waals surface area contributed by atoms with Gasteiger partial charge in [-0.05, 0) is 38.5 Å². The molecule has 0 aromatic carbocycles. The molecular weight excluding hydrogens is 566 g/mol. The molecule has 2 bridgehead atoms. The monoisotopic (exact) mass is 598 g/mol. The van der Waals surface area contributed by atoms with E-state index in [1.807, 2.05) is 13.8 Å². The van der Waals surface area contributed by atoms with Crippen molar-refractivity contribution < 1.29 is 69.4 Å². The first kappa shape index (κ1) is 30.5. The van der Waals surface area contributed by atoms with Crippen molar-refractivity contribution in [3.05, 3.63) is 0 Å². The van der Waals surface area contributed by atoms with Gasteiger partial charge in [-0.25, -0.2) is 9.59 Å². The first-order valence-electron chi connectivity index (χ1n) is 13.0. The van der Waals surface area contributed by atoms with Gasteiger partial charge in [0.1, 0.15) is 42.9 Å². The molecule has 0 radical (unpaired) electrons. The Hall–Kier alpha value is -2.43. The fourth-order valence-corrected chi connectivity index (χ4v) is 6.34. The molecule has 0 aromatic heterocycles. The minimum Gasteiger partial charge on any atom is -0.458 e. The summed E-state index contributed by atoms with van der Waals surface area (Å²) in [5.41, 5.74) is -0.670. The van der Waals surface area contributed by atoms with Crippen LogP contribution in [0.5, 0.6) is 0 Å². The van der Waals surface area contributed by atoms with Crippen molar-refractivity contribution in [2.45, 2.75) is 94.3 Å². The summed E-state index contributed by atoms with van der Waals surface area (Å²) >= 11 is 0. The molecule has 40 heavy (non-hydrogen) atoms. The van der Waals surface area contributed by atoms with Crippen LogP contribution in [0.25, 0.3) is 0 Å². The highest BCUT2D eigenvalue weighted by atomic mass is 32.2. The maximum Gasteiger partial charge on any atom is 0.405 e. The van der Waals surface area contributed by atoms with Gasteiger partial charge in [0.2, 0.25) is 0 Å². The van der Waals surface area contributed by atoms with E-state index in [4.69, 9.17) is 28.2 Å². The minimum atomic E-state index is -5.84. The van der Waals surface area contributed by atoms with Gasteiger partial charge in [0, 0.05) is 0 Å². The second kappa shape index (κ2) is 11.1. The van der Waals surface area contributed by atoms with E-state index in [0.717, 1.165) is 19.3 Å². The summed E-state index contributed by atoms with van der Waals surface area (Å²) in [5.74, 6) is -5.66. The first-order valence-corrected chi connectivity index (χ1v) is 14.4. The predicted octanol–water partition coefficient (Wildman–Crippen LogP) is 1.17. The lowest BCUT2D eigenvalue weighted by Gasteiger charge is -2.41. The summed E-state index contributed by atoms with van der Waals surface area (Å²) in [6.07, 6.45) is -2.22. The summed E-state index contributed by atoms with van der Waals surface area (Å²) in [6.45, 7) is 2.60. The SMILES string of the molecule is CC(C)C1(OC(=O)C2C3OC4C(OC(=O)C42)C3OC(=O)COCC(=O)OC(C)C(F)(F)S(=O)(=O)O)CCCCC1. The second-order valence-corrected chi connectivity index (χ2v) is 12.3. The van der Waals surface area contributed by atoms with E-state index in [9.17, 15) is 36.4 Å². The number of fused-ring (bicyclic) bond motifs is 1. The zero-order valence-electron chi connectivity index (χ0n) is 22.1. The highest BCUT2D eigenvalue weighted by molar-refractivity contribution is 7.86. The lowest BCUT2D eigenvalue weighted by Crippen LogP contribution is -2.51. The fourth-order valence-electron chi connectivity index (χ4n) is 5.87. The Morgan fingerprint density at radius 1 is 1.05 bits per heavy atom. The van der Waals surface area contributed by atoms with Crippen LogP contribution in [-0.2, 0) is 57.7 Å². The lowest BCUT2D eigenvalue weighted by atomic mass is 9.75. The highest BCUT2D eigenvalue weighted by Gasteiger charge is 2.72. The molecule has 1 aliphatic carbocycles. The summed E-state index contributed by atoms with van der Waals surface area (Å²) in [6, 6.07) is 0. The predicted molar refractivity (Wildman–Crippen MR) is 125 cm³/mol. The molecule has 13 nitrogen and oxygen atoms in total. The average molecular weight is 599 g/mol. The largest absolute Gasteiger partial charge is 0.458 e. The van der Waals surface area contributed by atoms with E-state index in [2.05, 4.69) is 4.74 Å². The zero-order chi connectivity index (χ0) is 29.6. The number of halogens is 2. The van der Waals surface area contributed by atoms with Crippen LogP contribution in [0.2, 0.25) is 0 Å². The third kappa shape index (κ3) is 5.54. The topological polar surface area (TPSA) is 178 Å². The van der Waals surface area contributed by atoms with Gasteiger partial charge in [-0.15, -0.1) is 0 Å². The number of carbonyl (C=O) groups excluding carboxylic acids is 4. The van der Waals surface area contributed by atoms with Gasteiger partial charge in [-0.3, -0.25) is 14.1 Å². The summed E-state index contributed by atoms with van der Waals surface area (Å²) in [7, 11) is -5.84. The van der Waals surface area contributed by atoms with Crippen molar-refractivity contribution in [1.82, 2.24) is 0 Å². The third-order valence-corrected chi connectivity index (χ3v) is 9.09. The highest BCUT2D eigenvalue weighted by Crippen LogP contribution is 2.52. The van der Waals surface area contributed by atoms with Crippen molar-refractivity contribution in [3.63, 3.8) is 0 Å². The summed E-state index contributed by atoms with van der Waals surface area (Å²) < 4.78 is 88.7. The number of hydrogen-bond acceptors (Lipinski definition) is 12. The Morgan fingerprint density at radius 2 is 1.68 bits per heavy atom. The normalized spacial score (nSPS) is 31.5. The maximum atomic E-state index is 13.5.